The summed E-state index contributed by atoms with van der Waals surface area (Å²) < 4.78 is 5.51. The largest absolute Gasteiger partial charge is 0.444 e. The number of piperidine rings is 2. The summed E-state index contributed by atoms with van der Waals surface area (Å²) in [7, 11) is 1.39. The molecule has 0 aliphatic carbocycles. The number of benzene rings is 1. The topological polar surface area (TPSA) is 111 Å². The summed E-state index contributed by atoms with van der Waals surface area (Å²) in [5.74, 6) is -1.23. The zero-order valence-electron chi connectivity index (χ0n) is 23.9. The number of hydrogen-bond donors (Lipinski definition) is 0. The van der Waals surface area contributed by atoms with Crippen molar-refractivity contribution in [2.24, 2.45) is 5.92 Å². The van der Waals surface area contributed by atoms with Crippen molar-refractivity contribution in [3.05, 3.63) is 29.3 Å². The van der Waals surface area contributed by atoms with Crippen molar-refractivity contribution in [2.75, 3.05) is 57.8 Å². The van der Waals surface area contributed by atoms with Gasteiger partial charge in [0.15, 0.2) is 0 Å². The first-order valence-electron chi connectivity index (χ1n) is 14.2. The minimum absolute atomic E-state index is 0.124. The van der Waals surface area contributed by atoms with Crippen LogP contribution in [-0.4, -0.2) is 114 Å². The molecule has 11 nitrogen and oxygen atoms in total. The highest BCUT2D eigenvalue weighted by Gasteiger charge is 2.46. The van der Waals surface area contributed by atoms with E-state index in [1.807, 2.05) is 31.7 Å². The molecular weight excluding hydrogens is 514 g/mol. The quantitative estimate of drug-likeness (QED) is 0.522. The third kappa shape index (κ3) is 5.56. The molecule has 0 spiro atoms. The van der Waals surface area contributed by atoms with Gasteiger partial charge in [0.2, 0.25) is 5.91 Å². The Balaban J connectivity index is 1.14. The number of imide groups is 2. The van der Waals surface area contributed by atoms with Gasteiger partial charge in [0.25, 0.3) is 17.7 Å². The number of carbonyl (C=O) groups excluding carboxylic acids is 5. The molecule has 1 aromatic carbocycles. The highest BCUT2D eigenvalue weighted by atomic mass is 16.6. The molecule has 0 saturated carbocycles. The molecule has 40 heavy (non-hydrogen) atoms. The van der Waals surface area contributed by atoms with Gasteiger partial charge in [-0.05, 0) is 64.2 Å². The predicted octanol–water partition coefficient (Wildman–Crippen LogP) is 2.20. The number of likely N-dealkylation sites (tertiary alicyclic amines) is 2. The summed E-state index contributed by atoms with van der Waals surface area (Å²) in [5, 5.41) is 0. The zero-order valence-corrected chi connectivity index (χ0v) is 23.9. The first kappa shape index (κ1) is 28.1. The van der Waals surface area contributed by atoms with Crippen molar-refractivity contribution in [2.45, 2.75) is 58.1 Å². The fourth-order valence-corrected chi connectivity index (χ4v) is 6.04. The van der Waals surface area contributed by atoms with E-state index in [1.54, 1.807) is 12.1 Å². The highest BCUT2D eigenvalue weighted by molar-refractivity contribution is 6.23. The van der Waals surface area contributed by atoms with E-state index in [2.05, 4.69) is 9.80 Å². The molecule has 3 fully saturated rings. The van der Waals surface area contributed by atoms with Gasteiger partial charge in [-0.2, -0.15) is 0 Å². The average Bonchev–Trinajstić information content (AvgIpc) is 3.16. The number of piperazine rings is 1. The number of nitrogens with zero attached hydrogens (tertiary/aromatic N) is 5. The number of likely N-dealkylation sites (N-methyl/N-ethyl adjacent to an activating group) is 1. The molecule has 4 heterocycles. The highest BCUT2D eigenvalue weighted by Crippen LogP contribution is 2.32. The van der Waals surface area contributed by atoms with Gasteiger partial charge in [-0.15, -0.1) is 0 Å². The third-order valence-corrected chi connectivity index (χ3v) is 8.35. The van der Waals surface area contributed by atoms with Crippen LogP contribution in [0.4, 0.5) is 10.5 Å². The summed E-state index contributed by atoms with van der Waals surface area (Å²) in [5.41, 5.74) is 1.02. The molecule has 3 saturated heterocycles. The molecular formula is C29H39N5O6. The third-order valence-electron chi connectivity index (χ3n) is 8.35. The second-order valence-electron chi connectivity index (χ2n) is 12.3. The first-order valence-corrected chi connectivity index (χ1v) is 14.2. The van der Waals surface area contributed by atoms with Crippen molar-refractivity contribution in [3.63, 3.8) is 0 Å². The monoisotopic (exact) mass is 553 g/mol. The molecule has 5 rings (SSSR count). The molecule has 216 valence electrons. The lowest BCUT2D eigenvalue weighted by atomic mass is 9.96. The van der Waals surface area contributed by atoms with Crippen molar-refractivity contribution < 1.29 is 28.7 Å². The van der Waals surface area contributed by atoms with Gasteiger partial charge in [0.1, 0.15) is 11.6 Å². The van der Waals surface area contributed by atoms with E-state index in [4.69, 9.17) is 4.74 Å². The molecule has 0 bridgehead atoms. The first-order chi connectivity index (χ1) is 18.9. The number of anilines is 1. The van der Waals surface area contributed by atoms with Crippen LogP contribution in [0.2, 0.25) is 0 Å². The van der Waals surface area contributed by atoms with Crippen molar-refractivity contribution in [1.82, 2.24) is 19.6 Å². The molecule has 1 unspecified atom stereocenters. The number of hydrogen-bond acceptors (Lipinski definition) is 8. The van der Waals surface area contributed by atoms with E-state index >= 15 is 0 Å². The number of fused-ring (bicyclic) bond motifs is 1. The van der Waals surface area contributed by atoms with Gasteiger partial charge >= 0.3 is 6.09 Å². The Bertz CT molecular complexity index is 1210. The van der Waals surface area contributed by atoms with Crippen LogP contribution in [0.5, 0.6) is 0 Å². The van der Waals surface area contributed by atoms with Gasteiger partial charge in [-0.3, -0.25) is 33.9 Å². The normalized spacial score (nSPS) is 23.2. The van der Waals surface area contributed by atoms with Crippen LogP contribution < -0.4 is 4.90 Å². The molecule has 4 aliphatic rings. The minimum atomic E-state index is -0.946. The van der Waals surface area contributed by atoms with E-state index < -0.39 is 29.4 Å². The lowest BCUT2D eigenvalue weighted by molar-refractivity contribution is -0.149. The lowest BCUT2D eigenvalue weighted by Crippen LogP contribution is -2.54. The molecule has 1 aromatic rings. The maximum Gasteiger partial charge on any atom is 0.410 e. The van der Waals surface area contributed by atoms with Crippen LogP contribution in [0, 0.1) is 5.92 Å². The molecule has 5 amide bonds. The molecule has 11 heteroatoms. The number of ether oxygens (including phenoxy) is 1. The molecule has 4 aliphatic heterocycles. The average molecular weight is 554 g/mol. The van der Waals surface area contributed by atoms with Crippen LogP contribution in [0.1, 0.15) is 67.2 Å². The SMILES string of the molecule is CN1C(=O)CCC(N2C(=O)c3ccc(N4CCN(CC5CCN(C(=O)OC(C)(C)C)CC5)CC4)cc3C2=O)C1=O. The standard InChI is InChI=1S/C29H39N5O6/c1-29(2,3)40-28(39)33-11-9-19(10-12-33)18-31-13-15-32(16-14-31)20-5-6-21-22(17-20)26(37)34(25(21)36)23-7-8-24(35)30(4)27(23)38/h5-6,17,19,23H,7-16,18H2,1-4H3. The Labute approximate surface area is 235 Å². The lowest BCUT2D eigenvalue weighted by Gasteiger charge is -2.39. The maximum absolute atomic E-state index is 13.3. The van der Waals surface area contributed by atoms with Gasteiger partial charge < -0.3 is 14.5 Å². The van der Waals surface area contributed by atoms with Crippen LogP contribution in [-0.2, 0) is 14.3 Å². The van der Waals surface area contributed by atoms with Crippen molar-refractivity contribution >= 4 is 35.4 Å². The minimum Gasteiger partial charge on any atom is -0.444 e. The van der Waals surface area contributed by atoms with Gasteiger partial charge in [0, 0.05) is 65.0 Å². The number of carbonyl (C=O) groups is 5. The second-order valence-corrected chi connectivity index (χ2v) is 12.3. The smallest absolute Gasteiger partial charge is 0.410 e. The fourth-order valence-electron chi connectivity index (χ4n) is 6.04. The summed E-state index contributed by atoms with van der Waals surface area (Å²) in [6.07, 6.45) is 1.97. The Morgan fingerprint density at radius 2 is 1.55 bits per heavy atom. The van der Waals surface area contributed by atoms with E-state index in [-0.39, 0.29) is 24.8 Å². The Kier molecular flexibility index (Phi) is 7.60. The number of amides is 5. The number of rotatable bonds is 4. The molecule has 0 radical (unpaired) electrons. The summed E-state index contributed by atoms with van der Waals surface area (Å²) >= 11 is 0. The Hall–Kier alpha value is -3.47. The van der Waals surface area contributed by atoms with Crippen LogP contribution in [0.25, 0.3) is 0 Å². The second kappa shape index (κ2) is 10.8. The zero-order chi connectivity index (χ0) is 28.8. The molecule has 0 aromatic heterocycles. The van der Waals surface area contributed by atoms with Crippen LogP contribution in [0.3, 0.4) is 0 Å². The van der Waals surface area contributed by atoms with E-state index in [9.17, 15) is 24.0 Å². The molecule has 1 atom stereocenters. The van der Waals surface area contributed by atoms with E-state index in [1.165, 1.54) is 7.05 Å². The Morgan fingerprint density at radius 1 is 0.900 bits per heavy atom. The maximum atomic E-state index is 13.3. The van der Waals surface area contributed by atoms with Gasteiger partial charge in [-0.25, -0.2) is 4.79 Å². The van der Waals surface area contributed by atoms with E-state index in [0.717, 1.165) is 74.1 Å². The summed E-state index contributed by atoms with van der Waals surface area (Å²) in [4.78, 5) is 71.8. The predicted molar refractivity (Wildman–Crippen MR) is 147 cm³/mol. The fraction of sp³-hybridized carbons (Fsp3) is 0.621. The van der Waals surface area contributed by atoms with Crippen molar-refractivity contribution in [1.29, 1.82) is 0 Å². The van der Waals surface area contributed by atoms with Crippen LogP contribution in [0.15, 0.2) is 18.2 Å². The summed E-state index contributed by atoms with van der Waals surface area (Å²) in [6.45, 7) is 11.5. The molecule has 0 N–H and O–H groups in total. The van der Waals surface area contributed by atoms with Gasteiger partial charge in [-0.1, -0.05) is 0 Å². The summed E-state index contributed by atoms with van der Waals surface area (Å²) in [6, 6.07) is 4.36. The Morgan fingerprint density at radius 3 is 2.20 bits per heavy atom. The van der Waals surface area contributed by atoms with Crippen molar-refractivity contribution in [3.8, 4) is 0 Å². The van der Waals surface area contributed by atoms with Crippen LogP contribution >= 0.6 is 0 Å². The van der Waals surface area contributed by atoms with Gasteiger partial charge in [0.05, 0.1) is 11.1 Å². The van der Waals surface area contributed by atoms with E-state index in [0.29, 0.717) is 17.0 Å².